The van der Waals surface area contributed by atoms with Gasteiger partial charge in [-0.2, -0.15) is 0 Å². The van der Waals surface area contributed by atoms with E-state index >= 15 is 0 Å². The van der Waals surface area contributed by atoms with Gasteiger partial charge < -0.3 is 10.0 Å². The van der Waals surface area contributed by atoms with Crippen LogP contribution >= 0.6 is 0 Å². The van der Waals surface area contributed by atoms with Crippen molar-refractivity contribution in [2.24, 2.45) is 13.0 Å². The second kappa shape index (κ2) is 6.04. The summed E-state index contributed by atoms with van der Waals surface area (Å²) in [7, 11) is 1.39. The Morgan fingerprint density at radius 3 is 2.90 bits per heavy atom. The lowest BCUT2D eigenvalue weighted by molar-refractivity contribution is -0.131. The average Bonchev–Trinajstić information content (AvgIpc) is 2.88. The van der Waals surface area contributed by atoms with Gasteiger partial charge in [-0.3, -0.25) is 18.7 Å². The molecule has 1 atom stereocenters. The average molecular weight is 281 g/mol. The van der Waals surface area contributed by atoms with E-state index in [0.717, 1.165) is 11.0 Å². The van der Waals surface area contributed by atoms with Gasteiger partial charge in [0.25, 0.3) is 5.56 Å². The van der Waals surface area contributed by atoms with Crippen molar-refractivity contribution in [3.05, 3.63) is 33.1 Å². The third-order valence-corrected chi connectivity index (χ3v) is 3.74. The number of hydrogen-bond acceptors (Lipinski definition) is 4. The van der Waals surface area contributed by atoms with Crippen LogP contribution in [0.5, 0.6) is 0 Å². The van der Waals surface area contributed by atoms with Crippen molar-refractivity contribution in [2.75, 3.05) is 19.7 Å². The van der Waals surface area contributed by atoms with Crippen LogP contribution in [0.3, 0.4) is 0 Å². The van der Waals surface area contributed by atoms with Crippen LogP contribution in [0, 0.1) is 5.92 Å². The highest BCUT2D eigenvalue weighted by molar-refractivity contribution is 5.76. The fourth-order valence-corrected chi connectivity index (χ4v) is 2.46. The van der Waals surface area contributed by atoms with Crippen molar-refractivity contribution >= 4 is 5.91 Å². The van der Waals surface area contributed by atoms with Crippen LogP contribution in [0.1, 0.15) is 12.8 Å². The molecule has 1 aliphatic heterocycles. The van der Waals surface area contributed by atoms with Crippen molar-refractivity contribution in [3.63, 3.8) is 0 Å². The Balaban J connectivity index is 2.04. The molecule has 1 unspecified atom stereocenters. The lowest BCUT2D eigenvalue weighted by atomic mass is 10.1. The van der Waals surface area contributed by atoms with Crippen LogP contribution in [0.15, 0.2) is 21.9 Å². The topological polar surface area (TPSA) is 84.5 Å². The second-order valence-electron chi connectivity index (χ2n) is 5.13. The lowest BCUT2D eigenvalue weighted by Crippen LogP contribution is -2.41. The molecule has 1 aromatic rings. The highest BCUT2D eigenvalue weighted by atomic mass is 16.3. The molecule has 1 aliphatic rings. The number of aliphatic hydroxyl groups is 1. The highest BCUT2D eigenvalue weighted by Crippen LogP contribution is 2.19. The SMILES string of the molecule is Cn1c(=O)ccn(CC(=O)N2CCC(CCO)C2)c1=O. The van der Waals surface area contributed by atoms with Gasteiger partial charge in [0.2, 0.25) is 5.91 Å². The molecule has 110 valence electrons. The summed E-state index contributed by atoms with van der Waals surface area (Å²) in [5, 5.41) is 8.90. The molecular formula is C13H19N3O4. The predicted molar refractivity (Wildman–Crippen MR) is 72.3 cm³/mol. The molecule has 1 saturated heterocycles. The standard InChI is InChI=1S/C13H19N3O4/c1-14-11(18)3-6-16(13(14)20)9-12(19)15-5-2-10(8-15)4-7-17/h3,6,10,17H,2,4-5,7-9H2,1H3. The van der Waals surface area contributed by atoms with Crippen LogP contribution in [0.25, 0.3) is 0 Å². The van der Waals surface area contributed by atoms with Crippen molar-refractivity contribution in [2.45, 2.75) is 19.4 Å². The summed E-state index contributed by atoms with van der Waals surface area (Å²) in [6.45, 7) is 1.36. The molecule has 20 heavy (non-hydrogen) atoms. The number of likely N-dealkylation sites (tertiary alicyclic amines) is 1. The summed E-state index contributed by atoms with van der Waals surface area (Å²) in [5.41, 5.74) is -0.875. The fraction of sp³-hybridized carbons (Fsp3) is 0.615. The molecule has 7 heteroatoms. The van der Waals surface area contributed by atoms with E-state index in [1.54, 1.807) is 4.90 Å². The van der Waals surface area contributed by atoms with E-state index in [1.165, 1.54) is 23.9 Å². The molecule has 0 aliphatic carbocycles. The molecule has 1 aromatic heterocycles. The Hall–Kier alpha value is -1.89. The van der Waals surface area contributed by atoms with Crippen LogP contribution in [-0.4, -0.2) is 44.7 Å². The summed E-state index contributed by atoms with van der Waals surface area (Å²) >= 11 is 0. The van der Waals surface area contributed by atoms with Crippen LogP contribution in [0.4, 0.5) is 0 Å². The van der Waals surface area contributed by atoms with Gasteiger partial charge in [-0.05, 0) is 18.8 Å². The Morgan fingerprint density at radius 1 is 1.45 bits per heavy atom. The minimum Gasteiger partial charge on any atom is -0.396 e. The smallest absolute Gasteiger partial charge is 0.331 e. The number of nitrogens with zero attached hydrogens (tertiary/aromatic N) is 3. The van der Waals surface area contributed by atoms with E-state index in [4.69, 9.17) is 5.11 Å². The number of aliphatic hydroxyl groups excluding tert-OH is 1. The quantitative estimate of drug-likeness (QED) is 0.749. The van der Waals surface area contributed by atoms with Crippen LogP contribution < -0.4 is 11.2 Å². The monoisotopic (exact) mass is 281 g/mol. The van der Waals surface area contributed by atoms with Crippen molar-refractivity contribution in [1.82, 2.24) is 14.0 Å². The van der Waals surface area contributed by atoms with E-state index in [0.29, 0.717) is 25.4 Å². The Bertz CT molecular complexity index is 604. The predicted octanol–water partition coefficient (Wildman–Crippen LogP) is -1.22. The van der Waals surface area contributed by atoms with Crippen molar-refractivity contribution in [1.29, 1.82) is 0 Å². The van der Waals surface area contributed by atoms with E-state index in [1.807, 2.05) is 0 Å². The summed E-state index contributed by atoms with van der Waals surface area (Å²) in [6, 6.07) is 1.27. The third-order valence-electron chi connectivity index (χ3n) is 3.74. The molecule has 2 heterocycles. The summed E-state index contributed by atoms with van der Waals surface area (Å²) in [6.07, 6.45) is 2.93. The van der Waals surface area contributed by atoms with Gasteiger partial charge in [-0.25, -0.2) is 4.79 Å². The maximum absolute atomic E-state index is 12.1. The number of rotatable bonds is 4. The Labute approximate surface area is 116 Å². The number of carbonyl (C=O) groups is 1. The van der Waals surface area contributed by atoms with Crippen LogP contribution in [-0.2, 0) is 18.4 Å². The van der Waals surface area contributed by atoms with Gasteiger partial charge in [0.1, 0.15) is 6.54 Å². The van der Waals surface area contributed by atoms with Gasteiger partial charge in [0.05, 0.1) is 0 Å². The molecule has 1 N–H and O–H groups in total. The number of aromatic nitrogens is 2. The van der Waals surface area contributed by atoms with Gasteiger partial charge in [0, 0.05) is 39.0 Å². The lowest BCUT2D eigenvalue weighted by Gasteiger charge is -2.17. The van der Waals surface area contributed by atoms with E-state index < -0.39 is 5.69 Å². The molecular weight excluding hydrogens is 262 g/mol. The first-order chi connectivity index (χ1) is 9.52. The van der Waals surface area contributed by atoms with Gasteiger partial charge >= 0.3 is 5.69 Å². The van der Waals surface area contributed by atoms with Gasteiger partial charge in [-0.15, -0.1) is 0 Å². The molecule has 7 nitrogen and oxygen atoms in total. The fourth-order valence-electron chi connectivity index (χ4n) is 2.46. The Kier molecular flexibility index (Phi) is 4.39. The third kappa shape index (κ3) is 2.98. The number of carbonyl (C=O) groups excluding carboxylic acids is 1. The van der Waals surface area contributed by atoms with Crippen LogP contribution in [0.2, 0.25) is 0 Å². The minimum atomic E-state index is -0.489. The Morgan fingerprint density at radius 2 is 2.20 bits per heavy atom. The number of amides is 1. The highest BCUT2D eigenvalue weighted by Gasteiger charge is 2.25. The number of hydrogen-bond donors (Lipinski definition) is 1. The second-order valence-corrected chi connectivity index (χ2v) is 5.13. The largest absolute Gasteiger partial charge is 0.396 e. The maximum Gasteiger partial charge on any atom is 0.331 e. The molecule has 0 spiro atoms. The zero-order chi connectivity index (χ0) is 14.7. The van der Waals surface area contributed by atoms with E-state index in [9.17, 15) is 14.4 Å². The summed E-state index contributed by atoms with van der Waals surface area (Å²) < 4.78 is 2.22. The zero-order valence-electron chi connectivity index (χ0n) is 11.5. The maximum atomic E-state index is 12.1. The molecule has 1 amide bonds. The van der Waals surface area contributed by atoms with Crippen molar-refractivity contribution < 1.29 is 9.90 Å². The molecule has 0 aromatic carbocycles. The van der Waals surface area contributed by atoms with Crippen molar-refractivity contribution in [3.8, 4) is 0 Å². The zero-order valence-corrected chi connectivity index (χ0v) is 11.5. The summed E-state index contributed by atoms with van der Waals surface area (Å²) in [4.78, 5) is 36.9. The first-order valence-electron chi connectivity index (χ1n) is 6.68. The first-order valence-corrected chi connectivity index (χ1v) is 6.68. The molecule has 0 saturated carbocycles. The summed E-state index contributed by atoms with van der Waals surface area (Å²) in [5.74, 6) is 0.201. The molecule has 0 bridgehead atoms. The van der Waals surface area contributed by atoms with E-state index in [-0.39, 0.29) is 24.6 Å². The molecule has 2 rings (SSSR count). The minimum absolute atomic E-state index is 0.0567. The molecule has 0 radical (unpaired) electrons. The molecule has 1 fully saturated rings. The first kappa shape index (κ1) is 14.5. The normalized spacial score (nSPS) is 18.5. The van der Waals surface area contributed by atoms with Gasteiger partial charge in [-0.1, -0.05) is 0 Å². The van der Waals surface area contributed by atoms with E-state index in [2.05, 4.69) is 0 Å². The van der Waals surface area contributed by atoms with Gasteiger partial charge in [0.15, 0.2) is 0 Å².